The molecule has 0 aliphatic heterocycles. The summed E-state index contributed by atoms with van der Waals surface area (Å²) in [6.45, 7) is 0. The van der Waals surface area contributed by atoms with Crippen LogP contribution in [0.4, 0.5) is 0 Å². The molecule has 3 N–H and O–H groups in total. The van der Waals surface area contributed by atoms with Gasteiger partial charge in [-0.1, -0.05) is 18.2 Å². The molecule has 0 saturated carbocycles. The molecule has 0 bridgehead atoms. The Balaban J connectivity index is 1.64. The van der Waals surface area contributed by atoms with E-state index in [4.69, 9.17) is 5.73 Å². The summed E-state index contributed by atoms with van der Waals surface area (Å²) in [4.78, 5) is 12.5. The van der Waals surface area contributed by atoms with E-state index in [1.165, 1.54) is 16.7 Å². The average molecular weight is 344 g/mol. The van der Waals surface area contributed by atoms with Crippen LogP contribution in [0.15, 0.2) is 42.9 Å². The molecule has 6 nitrogen and oxygen atoms in total. The smallest absolute Gasteiger partial charge is 0.178 e. The van der Waals surface area contributed by atoms with Crippen LogP contribution in [0.25, 0.3) is 33.7 Å². The fourth-order valence-electron chi connectivity index (χ4n) is 3.85. The Kier molecular flexibility index (Phi) is 3.39. The van der Waals surface area contributed by atoms with Gasteiger partial charge in [0.15, 0.2) is 5.65 Å². The van der Waals surface area contributed by atoms with Crippen LogP contribution < -0.4 is 5.73 Å². The van der Waals surface area contributed by atoms with E-state index in [0.717, 1.165) is 47.4 Å². The molecule has 6 heteroatoms. The van der Waals surface area contributed by atoms with Crippen molar-refractivity contribution in [2.75, 3.05) is 0 Å². The quantitative estimate of drug-likeness (QED) is 0.584. The fourth-order valence-corrected chi connectivity index (χ4v) is 3.85. The number of hydrogen-bond donors (Lipinski definition) is 2. The molecule has 26 heavy (non-hydrogen) atoms. The minimum absolute atomic E-state index is 0.162. The maximum Gasteiger partial charge on any atom is 0.178 e. The van der Waals surface area contributed by atoms with Crippen LogP contribution in [0.2, 0.25) is 0 Å². The molecule has 0 radical (unpaired) electrons. The van der Waals surface area contributed by atoms with Gasteiger partial charge in [-0.3, -0.25) is 4.68 Å². The molecule has 5 rings (SSSR count). The zero-order valence-corrected chi connectivity index (χ0v) is 14.6. The van der Waals surface area contributed by atoms with E-state index in [2.05, 4.69) is 38.2 Å². The van der Waals surface area contributed by atoms with Gasteiger partial charge >= 0.3 is 0 Å². The molecule has 1 unspecified atom stereocenters. The van der Waals surface area contributed by atoms with Gasteiger partial charge in [-0.25, -0.2) is 9.97 Å². The van der Waals surface area contributed by atoms with E-state index >= 15 is 0 Å². The fraction of sp³-hybridized carbons (Fsp3) is 0.250. The van der Waals surface area contributed by atoms with Gasteiger partial charge in [0.25, 0.3) is 0 Å². The predicted molar refractivity (Wildman–Crippen MR) is 101 cm³/mol. The Bertz CT molecular complexity index is 1110. The first-order valence-corrected chi connectivity index (χ1v) is 8.91. The van der Waals surface area contributed by atoms with Crippen LogP contribution >= 0.6 is 0 Å². The normalized spacial score (nSPS) is 16.8. The van der Waals surface area contributed by atoms with Crippen LogP contribution in [0.3, 0.4) is 0 Å². The third-order valence-electron chi connectivity index (χ3n) is 5.19. The lowest BCUT2D eigenvalue weighted by atomic mass is 9.86. The third-order valence-corrected chi connectivity index (χ3v) is 5.19. The van der Waals surface area contributed by atoms with Gasteiger partial charge in [0.05, 0.1) is 17.3 Å². The van der Waals surface area contributed by atoms with Crippen molar-refractivity contribution in [2.45, 2.75) is 25.3 Å². The highest BCUT2D eigenvalue weighted by Crippen LogP contribution is 2.34. The molecule has 0 saturated heterocycles. The molecule has 0 fully saturated rings. The Morgan fingerprint density at radius 1 is 1.23 bits per heavy atom. The topological polar surface area (TPSA) is 85.4 Å². The van der Waals surface area contributed by atoms with Crippen LogP contribution in [-0.4, -0.2) is 24.7 Å². The van der Waals surface area contributed by atoms with Crippen molar-refractivity contribution in [1.29, 1.82) is 0 Å². The van der Waals surface area contributed by atoms with Crippen molar-refractivity contribution in [2.24, 2.45) is 12.8 Å². The van der Waals surface area contributed by atoms with Crippen molar-refractivity contribution in [3.05, 3.63) is 54.0 Å². The zero-order chi connectivity index (χ0) is 17.7. The molecule has 4 aromatic rings. The highest BCUT2D eigenvalue weighted by Gasteiger charge is 2.18. The summed E-state index contributed by atoms with van der Waals surface area (Å²) in [6, 6.07) is 8.81. The van der Waals surface area contributed by atoms with Crippen molar-refractivity contribution in [3.8, 4) is 22.5 Å². The first kappa shape index (κ1) is 15.3. The summed E-state index contributed by atoms with van der Waals surface area (Å²) in [5.41, 5.74) is 13.8. The summed E-state index contributed by atoms with van der Waals surface area (Å²) in [5.74, 6) is 0.785. The summed E-state index contributed by atoms with van der Waals surface area (Å²) in [5, 5.41) is 4.22. The number of aromatic nitrogens is 5. The van der Waals surface area contributed by atoms with E-state index in [-0.39, 0.29) is 6.04 Å². The molecule has 130 valence electrons. The number of hydrogen-bond acceptors (Lipinski definition) is 4. The molecular weight excluding hydrogens is 324 g/mol. The van der Waals surface area contributed by atoms with Gasteiger partial charge in [-0.15, -0.1) is 0 Å². The van der Waals surface area contributed by atoms with Crippen molar-refractivity contribution in [1.82, 2.24) is 24.7 Å². The lowest BCUT2D eigenvalue weighted by Gasteiger charge is -2.22. The number of nitrogens with zero attached hydrogens (tertiary/aromatic N) is 4. The first-order valence-electron chi connectivity index (χ1n) is 8.91. The van der Waals surface area contributed by atoms with Gasteiger partial charge in [-0.2, -0.15) is 5.10 Å². The maximum absolute atomic E-state index is 6.26. The standard InChI is InChI=1S/C20H20N6/c1-26-11-14(10-23-26)19-24-18-16(7-8-22-20(18)25-19)13-5-6-15-12(9-13)3-2-4-17(15)21/h5-11,17H,2-4,21H2,1H3,(H,22,24,25). The lowest BCUT2D eigenvalue weighted by Crippen LogP contribution is -2.17. The number of fused-ring (bicyclic) bond motifs is 2. The monoisotopic (exact) mass is 344 g/mol. The lowest BCUT2D eigenvalue weighted by molar-refractivity contribution is 0.570. The average Bonchev–Trinajstić information content (AvgIpc) is 3.27. The molecule has 0 spiro atoms. The maximum atomic E-state index is 6.26. The Morgan fingerprint density at radius 2 is 2.15 bits per heavy atom. The van der Waals surface area contributed by atoms with E-state index in [9.17, 15) is 0 Å². The number of aromatic amines is 1. The SMILES string of the molecule is Cn1cc(-c2nc3nccc(-c4ccc5c(c4)CCCC5N)c3[nH]2)cn1. The molecule has 1 aliphatic carbocycles. The summed E-state index contributed by atoms with van der Waals surface area (Å²) in [7, 11) is 1.90. The summed E-state index contributed by atoms with van der Waals surface area (Å²) < 4.78 is 1.77. The second-order valence-corrected chi connectivity index (χ2v) is 6.96. The number of nitrogens with two attached hydrogens (primary N) is 1. The van der Waals surface area contributed by atoms with Gasteiger partial charge < -0.3 is 10.7 Å². The van der Waals surface area contributed by atoms with Crippen molar-refractivity contribution >= 4 is 11.2 Å². The van der Waals surface area contributed by atoms with Crippen LogP contribution in [0.5, 0.6) is 0 Å². The number of H-pyrrole nitrogens is 1. The van der Waals surface area contributed by atoms with Crippen LogP contribution in [0, 0.1) is 0 Å². The van der Waals surface area contributed by atoms with Gasteiger partial charge in [-0.05, 0) is 42.0 Å². The molecule has 1 aromatic carbocycles. The highest BCUT2D eigenvalue weighted by atomic mass is 15.2. The van der Waals surface area contributed by atoms with Gasteiger partial charge in [0.1, 0.15) is 5.82 Å². The minimum atomic E-state index is 0.162. The van der Waals surface area contributed by atoms with Crippen molar-refractivity contribution < 1.29 is 0 Å². The number of nitrogens with one attached hydrogen (secondary N) is 1. The number of imidazole rings is 1. The second-order valence-electron chi connectivity index (χ2n) is 6.96. The van der Waals surface area contributed by atoms with Crippen LogP contribution in [-0.2, 0) is 13.5 Å². The number of rotatable bonds is 2. The molecule has 0 amide bonds. The first-order chi connectivity index (χ1) is 12.7. The summed E-state index contributed by atoms with van der Waals surface area (Å²) >= 11 is 0. The van der Waals surface area contributed by atoms with E-state index < -0.39 is 0 Å². The predicted octanol–water partition coefficient (Wildman–Crippen LogP) is 3.36. The van der Waals surface area contributed by atoms with E-state index in [0.29, 0.717) is 0 Å². The second kappa shape index (κ2) is 5.78. The minimum Gasteiger partial charge on any atom is -0.336 e. The Hall–Kier alpha value is -2.99. The van der Waals surface area contributed by atoms with Gasteiger partial charge in [0, 0.05) is 31.0 Å². The number of aryl methyl sites for hydroxylation is 2. The molecule has 3 heterocycles. The Labute approximate surface area is 151 Å². The zero-order valence-electron chi connectivity index (χ0n) is 14.6. The number of benzene rings is 1. The van der Waals surface area contributed by atoms with Crippen LogP contribution in [0.1, 0.15) is 30.0 Å². The summed E-state index contributed by atoms with van der Waals surface area (Å²) in [6.07, 6.45) is 8.88. The molecule has 1 aliphatic rings. The third kappa shape index (κ3) is 2.42. The molecular formula is C20H20N6. The number of pyridine rings is 1. The van der Waals surface area contributed by atoms with Crippen molar-refractivity contribution in [3.63, 3.8) is 0 Å². The van der Waals surface area contributed by atoms with E-state index in [1.54, 1.807) is 10.9 Å². The molecule has 3 aromatic heterocycles. The largest absolute Gasteiger partial charge is 0.336 e. The highest BCUT2D eigenvalue weighted by molar-refractivity contribution is 5.91. The van der Waals surface area contributed by atoms with Gasteiger partial charge in [0.2, 0.25) is 0 Å². The molecule has 1 atom stereocenters. The van der Waals surface area contributed by atoms with E-state index in [1.807, 2.05) is 25.5 Å². The Morgan fingerprint density at radius 3 is 3.00 bits per heavy atom.